The molecule has 20 heavy (non-hydrogen) atoms. The summed E-state index contributed by atoms with van der Waals surface area (Å²) in [4.78, 5) is 11.9. The second-order valence-corrected chi connectivity index (χ2v) is 5.27. The summed E-state index contributed by atoms with van der Waals surface area (Å²) < 4.78 is 2.84. The van der Waals surface area contributed by atoms with E-state index in [0.29, 0.717) is 0 Å². The molecule has 0 aliphatic heterocycles. The van der Waals surface area contributed by atoms with Crippen LogP contribution >= 0.6 is 15.9 Å². The standard InChI is InChI=1S/C14H10BrN5/c15-12-8-18-14-13(17-5-6-20(12)14)19-10-1-2-11-9(7-10)3-4-16-11/h1-8,16H,(H,17,19). The quantitative estimate of drug-likeness (QED) is 0.590. The van der Waals surface area contributed by atoms with Crippen molar-refractivity contribution in [1.29, 1.82) is 0 Å². The van der Waals surface area contributed by atoms with Crippen LogP contribution < -0.4 is 5.32 Å². The van der Waals surface area contributed by atoms with Crippen LogP contribution in [0.4, 0.5) is 11.5 Å². The molecule has 98 valence electrons. The third-order valence-corrected chi connectivity index (χ3v) is 3.79. The van der Waals surface area contributed by atoms with Crippen molar-refractivity contribution in [2.24, 2.45) is 0 Å². The molecule has 4 aromatic rings. The smallest absolute Gasteiger partial charge is 0.181 e. The summed E-state index contributed by atoms with van der Waals surface area (Å²) in [5.41, 5.74) is 2.88. The van der Waals surface area contributed by atoms with Crippen molar-refractivity contribution in [2.45, 2.75) is 0 Å². The number of aromatic nitrogens is 4. The van der Waals surface area contributed by atoms with Crippen molar-refractivity contribution in [3.05, 3.63) is 53.7 Å². The summed E-state index contributed by atoms with van der Waals surface area (Å²) in [5, 5.41) is 4.47. The molecule has 2 N–H and O–H groups in total. The van der Waals surface area contributed by atoms with Crippen molar-refractivity contribution in [3.63, 3.8) is 0 Å². The molecular weight excluding hydrogens is 318 g/mol. The van der Waals surface area contributed by atoms with E-state index >= 15 is 0 Å². The summed E-state index contributed by atoms with van der Waals surface area (Å²) in [7, 11) is 0. The van der Waals surface area contributed by atoms with Gasteiger partial charge in [0.05, 0.1) is 6.20 Å². The molecule has 0 spiro atoms. The number of nitrogens with zero attached hydrogens (tertiary/aromatic N) is 3. The number of hydrogen-bond acceptors (Lipinski definition) is 3. The van der Waals surface area contributed by atoms with Crippen LogP contribution in [0, 0.1) is 0 Å². The van der Waals surface area contributed by atoms with Gasteiger partial charge in [0.1, 0.15) is 4.60 Å². The second kappa shape index (κ2) is 4.35. The topological polar surface area (TPSA) is 58.0 Å². The zero-order chi connectivity index (χ0) is 13.5. The fourth-order valence-corrected chi connectivity index (χ4v) is 2.63. The number of nitrogens with one attached hydrogen (secondary N) is 2. The van der Waals surface area contributed by atoms with E-state index in [-0.39, 0.29) is 0 Å². The van der Waals surface area contributed by atoms with Crippen LogP contribution in [-0.4, -0.2) is 19.4 Å². The molecule has 0 saturated carbocycles. The first-order valence-corrected chi connectivity index (χ1v) is 6.92. The zero-order valence-corrected chi connectivity index (χ0v) is 11.9. The lowest BCUT2D eigenvalue weighted by Crippen LogP contribution is -1.97. The Labute approximate surface area is 122 Å². The predicted octanol–water partition coefficient (Wildman–Crippen LogP) is 3.72. The molecule has 3 heterocycles. The fourth-order valence-electron chi connectivity index (χ4n) is 2.25. The Bertz CT molecular complexity index is 908. The second-order valence-electron chi connectivity index (χ2n) is 4.46. The minimum atomic E-state index is 0.730. The molecule has 3 aromatic heterocycles. The molecule has 0 aliphatic carbocycles. The normalized spacial score (nSPS) is 11.2. The number of H-pyrrole nitrogens is 1. The zero-order valence-electron chi connectivity index (χ0n) is 10.3. The van der Waals surface area contributed by atoms with E-state index in [9.17, 15) is 0 Å². The Kier molecular flexibility index (Phi) is 2.50. The Morgan fingerprint density at radius 1 is 1.20 bits per heavy atom. The number of fused-ring (bicyclic) bond motifs is 2. The van der Waals surface area contributed by atoms with Gasteiger partial charge in [-0.05, 0) is 40.2 Å². The monoisotopic (exact) mass is 327 g/mol. The van der Waals surface area contributed by atoms with E-state index < -0.39 is 0 Å². The summed E-state index contributed by atoms with van der Waals surface area (Å²) in [6, 6.07) is 8.18. The molecule has 0 atom stereocenters. The van der Waals surface area contributed by atoms with E-state index in [1.54, 1.807) is 12.4 Å². The van der Waals surface area contributed by atoms with Crippen molar-refractivity contribution in [1.82, 2.24) is 19.4 Å². The largest absolute Gasteiger partial charge is 0.361 e. The van der Waals surface area contributed by atoms with Crippen molar-refractivity contribution < 1.29 is 0 Å². The van der Waals surface area contributed by atoms with Gasteiger partial charge in [0.25, 0.3) is 0 Å². The molecule has 0 fully saturated rings. The van der Waals surface area contributed by atoms with Gasteiger partial charge < -0.3 is 10.3 Å². The first-order valence-electron chi connectivity index (χ1n) is 6.13. The van der Waals surface area contributed by atoms with E-state index in [0.717, 1.165) is 32.7 Å². The van der Waals surface area contributed by atoms with Gasteiger partial charge in [0.15, 0.2) is 11.5 Å². The summed E-state index contributed by atoms with van der Waals surface area (Å²) in [6.07, 6.45) is 7.31. The number of imidazole rings is 1. The molecule has 0 aliphatic rings. The van der Waals surface area contributed by atoms with Crippen LogP contribution in [0.25, 0.3) is 16.6 Å². The predicted molar refractivity (Wildman–Crippen MR) is 82.3 cm³/mol. The third-order valence-electron chi connectivity index (χ3n) is 3.20. The maximum atomic E-state index is 4.36. The summed E-state index contributed by atoms with van der Waals surface area (Å²) in [5.74, 6) is 0.730. The highest BCUT2D eigenvalue weighted by Gasteiger charge is 2.07. The van der Waals surface area contributed by atoms with Crippen LogP contribution in [0.5, 0.6) is 0 Å². The first kappa shape index (κ1) is 11.5. The van der Waals surface area contributed by atoms with Crippen LogP contribution in [0.3, 0.4) is 0 Å². The van der Waals surface area contributed by atoms with Crippen molar-refractivity contribution in [2.75, 3.05) is 5.32 Å². The van der Waals surface area contributed by atoms with Gasteiger partial charge >= 0.3 is 0 Å². The van der Waals surface area contributed by atoms with E-state index in [2.05, 4.69) is 42.3 Å². The number of aromatic amines is 1. The Morgan fingerprint density at radius 3 is 3.10 bits per heavy atom. The number of hydrogen-bond donors (Lipinski definition) is 2. The van der Waals surface area contributed by atoms with E-state index in [1.807, 2.05) is 35.0 Å². The number of halogens is 1. The molecule has 0 bridgehead atoms. The first-order chi connectivity index (χ1) is 9.81. The average molecular weight is 328 g/mol. The van der Waals surface area contributed by atoms with Gasteiger partial charge in [-0.2, -0.15) is 0 Å². The minimum Gasteiger partial charge on any atom is -0.361 e. The molecule has 0 saturated heterocycles. The molecular formula is C14H10BrN5. The molecule has 1 aromatic carbocycles. The SMILES string of the molecule is Brc1cnc2c(Nc3ccc4[nH]ccc4c3)nccn12. The van der Waals surface area contributed by atoms with Crippen molar-refractivity contribution in [3.8, 4) is 0 Å². The number of anilines is 2. The Hall–Kier alpha value is -2.34. The average Bonchev–Trinajstić information content (AvgIpc) is 3.06. The van der Waals surface area contributed by atoms with Crippen LogP contribution in [0.1, 0.15) is 0 Å². The van der Waals surface area contributed by atoms with E-state index in [4.69, 9.17) is 0 Å². The molecule has 0 unspecified atom stereocenters. The van der Waals surface area contributed by atoms with Gasteiger partial charge in [0, 0.05) is 35.2 Å². The number of rotatable bonds is 2. The third kappa shape index (κ3) is 1.77. The van der Waals surface area contributed by atoms with Crippen LogP contribution in [0.15, 0.2) is 53.7 Å². The molecule has 4 rings (SSSR count). The molecule has 6 heteroatoms. The maximum absolute atomic E-state index is 4.36. The van der Waals surface area contributed by atoms with Gasteiger partial charge in [0.2, 0.25) is 0 Å². The summed E-state index contributed by atoms with van der Waals surface area (Å²) >= 11 is 3.45. The highest BCUT2D eigenvalue weighted by atomic mass is 79.9. The Balaban J connectivity index is 1.79. The van der Waals surface area contributed by atoms with Crippen LogP contribution in [-0.2, 0) is 0 Å². The molecule has 5 nitrogen and oxygen atoms in total. The van der Waals surface area contributed by atoms with Gasteiger partial charge in [-0.1, -0.05) is 0 Å². The lowest BCUT2D eigenvalue weighted by atomic mass is 10.2. The molecule has 0 radical (unpaired) electrons. The minimum absolute atomic E-state index is 0.730. The van der Waals surface area contributed by atoms with Gasteiger partial charge in [-0.3, -0.25) is 4.40 Å². The van der Waals surface area contributed by atoms with Gasteiger partial charge in [-0.25, -0.2) is 9.97 Å². The fraction of sp³-hybridized carbons (Fsp3) is 0. The van der Waals surface area contributed by atoms with Crippen molar-refractivity contribution >= 4 is 44.0 Å². The lowest BCUT2D eigenvalue weighted by Gasteiger charge is -2.07. The molecule has 0 amide bonds. The highest BCUT2D eigenvalue weighted by Crippen LogP contribution is 2.24. The maximum Gasteiger partial charge on any atom is 0.181 e. The Morgan fingerprint density at radius 2 is 2.15 bits per heavy atom. The number of benzene rings is 1. The van der Waals surface area contributed by atoms with Gasteiger partial charge in [-0.15, -0.1) is 0 Å². The van der Waals surface area contributed by atoms with Crippen LogP contribution in [0.2, 0.25) is 0 Å². The lowest BCUT2D eigenvalue weighted by molar-refractivity contribution is 1.11. The summed E-state index contributed by atoms with van der Waals surface area (Å²) in [6.45, 7) is 0. The highest BCUT2D eigenvalue weighted by molar-refractivity contribution is 9.10. The van der Waals surface area contributed by atoms with E-state index in [1.165, 1.54) is 0 Å².